The van der Waals surface area contributed by atoms with E-state index in [1.54, 1.807) is 12.1 Å². The van der Waals surface area contributed by atoms with Crippen LogP contribution in [0.25, 0.3) is 0 Å². The number of hydrogen-bond acceptors (Lipinski definition) is 6. The van der Waals surface area contributed by atoms with Crippen LogP contribution in [0, 0.1) is 0 Å². The van der Waals surface area contributed by atoms with Crippen molar-refractivity contribution in [1.82, 2.24) is 5.32 Å². The Morgan fingerprint density at radius 3 is 2.36 bits per heavy atom. The number of hydrogen-bond donors (Lipinski definition) is 4. The summed E-state index contributed by atoms with van der Waals surface area (Å²) in [6, 6.07) is 7.04. The van der Waals surface area contributed by atoms with Crippen molar-refractivity contribution in [3.63, 3.8) is 0 Å². The van der Waals surface area contributed by atoms with Gasteiger partial charge in [-0.15, -0.1) is 0 Å². The maximum atomic E-state index is 9.12. The number of aromatic hydroxyl groups is 1. The minimum Gasteiger partial charge on any atom is -0.508 e. The highest BCUT2D eigenvalue weighted by atomic mass is 16.5. The summed E-state index contributed by atoms with van der Waals surface area (Å²) in [7, 11) is 0. The second-order valence-electron chi connectivity index (χ2n) is 4.49. The molecule has 122 valence electrons. The van der Waals surface area contributed by atoms with Crippen molar-refractivity contribution in [3.8, 4) is 5.75 Å². The molecular formula is C14H19NO7. The maximum absolute atomic E-state index is 9.12. The van der Waals surface area contributed by atoms with Gasteiger partial charge in [0.05, 0.1) is 25.9 Å². The Balaban J connectivity index is 0.000000346. The number of aliphatic carboxylic acids is 2. The first-order valence-corrected chi connectivity index (χ1v) is 6.63. The molecule has 0 saturated carbocycles. The number of carboxylic acids is 2. The van der Waals surface area contributed by atoms with Crippen LogP contribution >= 0.6 is 0 Å². The highest BCUT2D eigenvalue weighted by Gasteiger charge is 2.12. The van der Waals surface area contributed by atoms with Gasteiger partial charge < -0.3 is 30.1 Å². The number of carboxylic acid groups (broad SMARTS) is 2. The van der Waals surface area contributed by atoms with Gasteiger partial charge >= 0.3 is 11.9 Å². The summed E-state index contributed by atoms with van der Waals surface area (Å²) < 4.78 is 11.1. The molecule has 0 spiro atoms. The van der Waals surface area contributed by atoms with E-state index in [4.69, 9.17) is 34.4 Å². The van der Waals surface area contributed by atoms with Crippen LogP contribution < -0.4 is 5.32 Å². The molecule has 1 aromatic carbocycles. The van der Waals surface area contributed by atoms with Crippen molar-refractivity contribution in [2.75, 3.05) is 26.3 Å². The molecule has 2 rings (SSSR count). The number of rotatable bonds is 4. The van der Waals surface area contributed by atoms with Crippen LogP contribution in [0.3, 0.4) is 0 Å². The van der Waals surface area contributed by atoms with E-state index in [1.807, 2.05) is 12.1 Å². The average Bonchev–Trinajstić information content (AvgIpc) is 2.51. The quantitative estimate of drug-likeness (QED) is 0.575. The predicted octanol–water partition coefficient (Wildman–Crippen LogP) is 0.0528. The van der Waals surface area contributed by atoms with Gasteiger partial charge in [0.1, 0.15) is 5.75 Å². The minimum atomic E-state index is -1.82. The third kappa shape index (κ3) is 7.58. The Labute approximate surface area is 127 Å². The highest BCUT2D eigenvalue weighted by molar-refractivity contribution is 6.27. The van der Waals surface area contributed by atoms with Crippen LogP contribution in [0.5, 0.6) is 5.75 Å². The number of phenolic OH excluding ortho intramolecular Hbond substituents is 1. The third-order valence-electron chi connectivity index (χ3n) is 2.70. The lowest BCUT2D eigenvalue weighted by molar-refractivity contribution is -0.159. The molecule has 1 saturated heterocycles. The first-order chi connectivity index (χ1) is 10.5. The standard InChI is InChI=1S/C12H17NO3.C2H2O4/c14-11-3-1-10(2-4-11)8-15-9-12-7-13-5-6-16-12;3-1(4)2(5)6/h1-4,12-14H,5-9H2;(H,3,4)(H,5,6). The topological polar surface area (TPSA) is 125 Å². The smallest absolute Gasteiger partial charge is 0.414 e. The fourth-order valence-electron chi connectivity index (χ4n) is 1.63. The van der Waals surface area contributed by atoms with Gasteiger partial charge in [-0.25, -0.2) is 9.59 Å². The normalized spacial score (nSPS) is 17.2. The molecule has 0 aromatic heterocycles. The molecule has 1 unspecified atom stereocenters. The highest BCUT2D eigenvalue weighted by Crippen LogP contribution is 2.10. The zero-order chi connectivity index (χ0) is 16.4. The number of morpholine rings is 1. The van der Waals surface area contributed by atoms with E-state index in [2.05, 4.69) is 5.32 Å². The van der Waals surface area contributed by atoms with Crippen molar-refractivity contribution in [1.29, 1.82) is 0 Å². The summed E-state index contributed by atoms with van der Waals surface area (Å²) in [5, 5.41) is 27.2. The minimum absolute atomic E-state index is 0.158. The van der Waals surface area contributed by atoms with Gasteiger partial charge in [-0.2, -0.15) is 0 Å². The molecule has 22 heavy (non-hydrogen) atoms. The Morgan fingerprint density at radius 2 is 1.86 bits per heavy atom. The molecule has 1 aliphatic rings. The zero-order valence-electron chi connectivity index (χ0n) is 11.9. The summed E-state index contributed by atoms with van der Waals surface area (Å²) in [4.78, 5) is 18.2. The summed E-state index contributed by atoms with van der Waals surface area (Å²) in [6.45, 7) is 3.70. The molecule has 8 nitrogen and oxygen atoms in total. The number of benzene rings is 1. The van der Waals surface area contributed by atoms with Crippen LogP contribution in [0.4, 0.5) is 0 Å². The van der Waals surface area contributed by atoms with Gasteiger partial charge in [-0.1, -0.05) is 12.1 Å². The Kier molecular flexibility index (Phi) is 7.90. The summed E-state index contributed by atoms with van der Waals surface area (Å²) >= 11 is 0. The second-order valence-corrected chi connectivity index (χ2v) is 4.49. The summed E-state index contributed by atoms with van der Waals surface area (Å²) in [6.07, 6.45) is 0.158. The predicted molar refractivity (Wildman–Crippen MR) is 75.6 cm³/mol. The van der Waals surface area contributed by atoms with Gasteiger partial charge in [0.15, 0.2) is 0 Å². The van der Waals surface area contributed by atoms with Gasteiger partial charge in [0, 0.05) is 13.1 Å². The third-order valence-corrected chi connectivity index (χ3v) is 2.70. The zero-order valence-corrected chi connectivity index (χ0v) is 11.9. The van der Waals surface area contributed by atoms with Crippen molar-refractivity contribution in [3.05, 3.63) is 29.8 Å². The lowest BCUT2D eigenvalue weighted by Gasteiger charge is -2.23. The van der Waals surface area contributed by atoms with E-state index in [0.29, 0.717) is 13.2 Å². The van der Waals surface area contributed by atoms with Crippen LogP contribution in [0.15, 0.2) is 24.3 Å². The molecule has 1 heterocycles. The molecule has 1 atom stereocenters. The van der Waals surface area contributed by atoms with Crippen LogP contribution in [0.2, 0.25) is 0 Å². The molecule has 8 heteroatoms. The molecule has 1 fully saturated rings. The van der Waals surface area contributed by atoms with E-state index in [0.717, 1.165) is 25.3 Å². The monoisotopic (exact) mass is 313 g/mol. The van der Waals surface area contributed by atoms with Crippen molar-refractivity contribution < 1.29 is 34.4 Å². The average molecular weight is 313 g/mol. The number of carbonyl (C=O) groups is 2. The Bertz CT molecular complexity index is 457. The van der Waals surface area contributed by atoms with Crippen LogP contribution in [0.1, 0.15) is 5.56 Å². The molecule has 0 radical (unpaired) electrons. The van der Waals surface area contributed by atoms with E-state index in [1.165, 1.54) is 0 Å². The van der Waals surface area contributed by atoms with Gasteiger partial charge in [-0.05, 0) is 17.7 Å². The largest absolute Gasteiger partial charge is 0.508 e. The van der Waals surface area contributed by atoms with Gasteiger partial charge in [0.2, 0.25) is 0 Å². The van der Waals surface area contributed by atoms with Gasteiger partial charge in [0.25, 0.3) is 0 Å². The molecular weight excluding hydrogens is 294 g/mol. The lowest BCUT2D eigenvalue weighted by atomic mass is 10.2. The summed E-state index contributed by atoms with van der Waals surface area (Å²) in [5.41, 5.74) is 1.06. The number of phenols is 1. The fraction of sp³-hybridized carbons (Fsp3) is 0.429. The van der Waals surface area contributed by atoms with Crippen molar-refractivity contribution >= 4 is 11.9 Å². The molecule has 0 aliphatic carbocycles. The fourth-order valence-corrected chi connectivity index (χ4v) is 1.63. The molecule has 0 amide bonds. The van der Waals surface area contributed by atoms with Crippen molar-refractivity contribution in [2.45, 2.75) is 12.7 Å². The van der Waals surface area contributed by atoms with Crippen LogP contribution in [-0.2, 0) is 25.7 Å². The molecule has 1 aromatic rings. The van der Waals surface area contributed by atoms with Gasteiger partial charge in [-0.3, -0.25) is 0 Å². The molecule has 1 aliphatic heterocycles. The maximum Gasteiger partial charge on any atom is 0.414 e. The lowest BCUT2D eigenvalue weighted by Crippen LogP contribution is -2.40. The van der Waals surface area contributed by atoms with E-state index in [9.17, 15) is 0 Å². The van der Waals surface area contributed by atoms with Crippen LogP contribution in [-0.4, -0.2) is 59.7 Å². The van der Waals surface area contributed by atoms with Crippen molar-refractivity contribution in [2.24, 2.45) is 0 Å². The molecule has 4 N–H and O–H groups in total. The molecule has 0 bridgehead atoms. The first kappa shape index (κ1) is 17.9. The summed E-state index contributed by atoms with van der Waals surface area (Å²) in [5.74, 6) is -3.37. The second kappa shape index (κ2) is 9.72. The Morgan fingerprint density at radius 1 is 1.23 bits per heavy atom. The van der Waals surface area contributed by atoms with E-state index < -0.39 is 11.9 Å². The number of nitrogens with one attached hydrogen (secondary N) is 1. The number of ether oxygens (including phenoxy) is 2. The Hall–Kier alpha value is -2.16. The first-order valence-electron chi connectivity index (χ1n) is 6.63. The SMILES string of the molecule is O=C(O)C(=O)O.Oc1ccc(COCC2CNCCO2)cc1. The van der Waals surface area contributed by atoms with E-state index in [-0.39, 0.29) is 11.9 Å². The van der Waals surface area contributed by atoms with E-state index >= 15 is 0 Å².